The molecular weight excluding hydrogens is 204 g/mol. The van der Waals surface area contributed by atoms with Crippen LogP contribution in [0.5, 0.6) is 0 Å². The molecule has 0 amide bonds. The number of rotatable bonds is 0. The molecule has 4 nitrogen and oxygen atoms in total. The molecule has 0 aliphatic carbocycles. The quantitative estimate of drug-likeness (QED) is 0.563. The van der Waals surface area contributed by atoms with Crippen molar-refractivity contribution in [1.82, 2.24) is 4.98 Å². The Morgan fingerprint density at radius 1 is 1.31 bits per heavy atom. The van der Waals surface area contributed by atoms with E-state index in [0.29, 0.717) is 16.8 Å². The highest BCUT2D eigenvalue weighted by atomic mass is 16.4. The smallest absolute Gasteiger partial charge is 0.360 e. The van der Waals surface area contributed by atoms with E-state index in [1.54, 1.807) is 6.07 Å². The summed E-state index contributed by atoms with van der Waals surface area (Å²) in [4.78, 5) is 14.7. The van der Waals surface area contributed by atoms with Crippen molar-refractivity contribution >= 4 is 27.6 Å². The van der Waals surface area contributed by atoms with Crippen LogP contribution in [0.25, 0.3) is 21.9 Å². The minimum absolute atomic E-state index is 0.381. The van der Waals surface area contributed by atoms with E-state index in [1.807, 2.05) is 25.1 Å². The Morgan fingerprint density at radius 2 is 2.06 bits per heavy atom. The van der Waals surface area contributed by atoms with E-state index in [4.69, 9.17) is 10.2 Å². The van der Waals surface area contributed by atoms with Gasteiger partial charge in [0.1, 0.15) is 11.1 Å². The number of nitrogens with two attached hydrogens (primary N) is 1. The molecule has 4 heteroatoms. The van der Waals surface area contributed by atoms with Crippen LogP contribution in [0, 0.1) is 6.92 Å². The van der Waals surface area contributed by atoms with Crippen molar-refractivity contribution < 1.29 is 4.42 Å². The van der Waals surface area contributed by atoms with E-state index in [9.17, 15) is 4.79 Å². The highest BCUT2D eigenvalue weighted by Crippen LogP contribution is 2.29. The van der Waals surface area contributed by atoms with Gasteiger partial charge >= 0.3 is 5.63 Å². The number of hydrogen-bond donors (Lipinski definition) is 2. The molecule has 16 heavy (non-hydrogen) atoms. The second kappa shape index (κ2) is 2.88. The average molecular weight is 214 g/mol. The fourth-order valence-corrected chi connectivity index (χ4v) is 1.99. The summed E-state index contributed by atoms with van der Waals surface area (Å²) < 4.78 is 5.20. The first-order valence-electron chi connectivity index (χ1n) is 4.98. The predicted octanol–water partition coefficient (Wildman–Crippen LogP) is 2.16. The molecule has 3 rings (SSSR count). The Morgan fingerprint density at radius 3 is 2.88 bits per heavy atom. The Labute approximate surface area is 90.7 Å². The van der Waals surface area contributed by atoms with Crippen LogP contribution in [-0.2, 0) is 0 Å². The van der Waals surface area contributed by atoms with Crippen molar-refractivity contribution in [2.75, 3.05) is 5.73 Å². The first kappa shape index (κ1) is 9.03. The molecule has 0 fully saturated rings. The van der Waals surface area contributed by atoms with Crippen molar-refractivity contribution in [1.29, 1.82) is 0 Å². The van der Waals surface area contributed by atoms with Gasteiger partial charge in [-0.25, -0.2) is 4.79 Å². The summed E-state index contributed by atoms with van der Waals surface area (Å²) in [5, 5.41) is 1.61. The van der Waals surface area contributed by atoms with Crippen LogP contribution >= 0.6 is 0 Å². The minimum Gasteiger partial charge on any atom is -0.421 e. The maximum atomic E-state index is 11.7. The molecule has 0 unspecified atom stereocenters. The Balaban J connectivity index is 2.73. The number of aromatic amines is 1. The standard InChI is InChI=1S/C12H10N2O2/c1-6-10(13)9-7-4-2-3-5-8(7)16-12(15)11(9)14-6/h2-5,14H,13H2,1H3. The van der Waals surface area contributed by atoms with Gasteiger partial charge in [-0.15, -0.1) is 0 Å². The van der Waals surface area contributed by atoms with Gasteiger partial charge in [0.2, 0.25) is 0 Å². The van der Waals surface area contributed by atoms with Gasteiger partial charge in [-0.3, -0.25) is 0 Å². The van der Waals surface area contributed by atoms with Crippen LogP contribution in [0.3, 0.4) is 0 Å². The number of para-hydroxylation sites is 1. The van der Waals surface area contributed by atoms with Gasteiger partial charge in [0.15, 0.2) is 0 Å². The lowest BCUT2D eigenvalue weighted by Crippen LogP contribution is -1.99. The number of nitrogen functional groups attached to an aromatic ring is 1. The lowest BCUT2D eigenvalue weighted by Gasteiger charge is -1.98. The monoisotopic (exact) mass is 214 g/mol. The molecule has 80 valence electrons. The highest BCUT2D eigenvalue weighted by Gasteiger charge is 2.13. The molecule has 2 heterocycles. The molecule has 0 aliphatic heterocycles. The predicted molar refractivity (Wildman–Crippen MR) is 63.5 cm³/mol. The van der Waals surface area contributed by atoms with Crippen LogP contribution in [0.15, 0.2) is 33.5 Å². The fraction of sp³-hybridized carbons (Fsp3) is 0.0833. The number of aryl methyl sites for hydroxylation is 1. The molecule has 3 aromatic rings. The van der Waals surface area contributed by atoms with Gasteiger partial charge in [0.25, 0.3) is 0 Å². The van der Waals surface area contributed by atoms with Gasteiger partial charge in [0.05, 0.1) is 5.69 Å². The molecule has 2 aromatic heterocycles. The zero-order valence-corrected chi connectivity index (χ0v) is 8.70. The van der Waals surface area contributed by atoms with Gasteiger partial charge in [-0.2, -0.15) is 0 Å². The van der Waals surface area contributed by atoms with Gasteiger partial charge < -0.3 is 15.1 Å². The van der Waals surface area contributed by atoms with Crippen molar-refractivity contribution in [3.63, 3.8) is 0 Å². The van der Waals surface area contributed by atoms with Crippen molar-refractivity contribution in [2.45, 2.75) is 6.92 Å². The maximum absolute atomic E-state index is 11.7. The molecule has 0 bridgehead atoms. The van der Waals surface area contributed by atoms with Crippen molar-refractivity contribution in [2.24, 2.45) is 0 Å². The molecule has 0 atom stereocenters. The van der Waals surface area contributed by atoms with Gasteiger partial charge in [-0.05, 0) is 13.0 Å². The SMILES string of the molecule is Cc1[nH]c2c(=O)oc3ccccc3c2c1N. The highest BCUT2D eigenvalue weighted by molar-refractivity contribution is 6.10. The first-order valence-corrected chi connectivity index (χ1v) is 4.98. The van der Waals surface area contributed by atoms with E-state index in [-0.39, 0.29) is 5.63 Å². The number of H-pyrrole nitrogens is 1. The molecule has 0 spiro atoms. The normalized spacial score (nSPS) is 11.3. The van der Waals surface area contributed by atoms with E-state index in [2.05, 4.69) is 4.98 Å². The number of nitrogens with one attached hydrogen (secondary N) is 1. The number of benzene rings is 1. The zero-order valence-electron chi connectivity index (χ0n) is 8.70. The summed E-state index contributed by atoms with van der Waals surface area (Å²) in [6, 6.07) is 7.37. The first-order chi connectivity index (χ1) is 7.68. The van der Waals surface area contributed by atoms with Gasteiger partial charge in [0, 0.05) is 16.5 Å². The third-order valence-electron chi connectivity index (χ3n) is 2.80. The summed E-state index contributed by atoms with van der Waals surface area (Å²) in [7, 11) is 0. The third-order valence-corrected chi connectivity index (χ3v) is 2.80. The summed E-state index contributed by atoms with van der Waals surface area (Å²) in [6.45, 7) is 1.84. The topological polar surface area (TPSA) is 72.0 Å². The minimum atomic E-state index is -0.381. The molecule has 0 radical (unpaired) electrons. The fourth-order valence-electron chi connectivity index (χ4n) is 1.99. The van der Waals surface area contributed by atoms with E-state index < -0.39 is 0 Å². The second-order valence-electron chi connectivity index (χ2n) is 3.80. The van der Waals surface area contributed by atoms with Crippen LogP contribution in [0.1, 0.15) is 5.69 Å². The molecule has 1 aromatic carbocycles. The lowest BCUT2D eigenvalue weighted by atomic mass is 10.1. The lowest BCUT2D eigenvalue weighted by molar-refractivity contribution is 0.568. The van der Waals surface area contributed by atoms with Crippen LogP contribution in [-0.4, -0.2) is 4.98 Å². The number of anilines is 1. The summed E-state index contributed by atoms with van der Waals surface area (Å²) in [5.74, 6) is 0. The Bertz CT molecular complexity index is 753. The largest absolute Gasteiger partial charge is 0.421 e. The summed E-state index contributed by atoms with van der Waals surface area (Å²) in [5.41, 5.74) is 7.98. The molecule has 0 saturated carbocycles. The maximum Gasteiger partial charge on any atom is 0.360 e. The third kappa shape index (κ3) is 1.01. The van der Waals surface area contributed by atoms with Crippen LogP contribution in [0.2, 0.25) is 0 Å². The number of fused-ring (bicyclic) bond motifs is 3. The molecule has 0 saturated heterocycles. The van der Waals surface area contributed by atoms with Gasteiger partial charge in [-0.1, -0.05) is 18.2 Å². The van der Waals surface area contributed by atoms with E-state index in [1.165, 1.54) is 0 Å². The Kier molecular flexibility index (Phi) is 1.63. The molecular formula is C12H10N2O2. The summed E-state index contributed by atoms with van der Waals surface area (Å²) in [6.07, 6.45) is 0. The van der Waals surface area contributed by atoms with Crippen molar-refractivity contribution in [3.8, 4) is 0 Å². The zero-order chi connectivity index (χ0) is 11.3. The van der Waals surface area contributed by atoms with Crippen LogP contribution < -0.4 is 11.4 Å². The number of hydrogen-bond acceptors (Lipinski definition) is 3. The van der Waals surface area contributed by atoms with Crippen LogP contribution in [0.4, 0.5) is 5.69 Å². The molecule has 0 aliphatic rings. The van der Waals surface area contributed by atoms with Crippen molar-refractivity contribution in [3.05, 3.63) is 40.4 Å². The number of aromatic nitrogens is 1. The molecule has 3 N–H and O–H groups in total. The Hall–Kier alpha value is -2.23. The van der Waals surface area contributed by atoms with E-state index in [0.717, 1.165) is 16.5 Å². The average Bonchev–Trinajstić information content (AvgIpc) is 2.57. The second-order valence-corrected chi connectivity index (χ2v) is 3.80. The summed E-state index contributed by atoms with van der Waals surface area (Å²) >= 11 is 0. The van der Waals surface area contributed by atoms with E-state index >= 15 is 0 Å².